The van der Waals surface area contributed by atoms with Crippen LogP contribution in [0.1, 0.15) is 37.5 Å². The fraction of sp³-hybridized carbons (Fsp3) is 0.278. The first-order valence-electron chi connectivity index (χ1n) is 8.29. The fourth-order valence-electron chi connectivity index (χ4n) is 2.53. The Labute approximate surface area is 159 Å². The van der Waals surface area contributed by atoms with E-state index < -0.39 is 5.97 Å². The Kier molecular flexibility index (Phi) is 5.60. The minimum atomic E-state index is -0.628. The molecule has 0 saturated heterocycles. The lowest BCUT2D eigenvalue weighted by atomic mass is 10.2. The van der Waals surface area contributed by atoms with Crippen molar-refractivity contribution in [1.29, 1.82) is 0 Å². The van der Waals surface area contributed by atoms with E-state index in [1.807, 2.05) is 6.07 Å². The van der Waals surface area contributed by atoms with Crippen LogP contribution in [0.5, 0.6) is 0 Å². The van der Waals surface area contributed by atoms with Crippen LogP contribution in [-0.4, -0.2) is 45.4 Å². The van der Waals surface area contributed by atoms with Crippen molar-refractivity contribution in [2.24, 2.45) is 0 Å². The largest absolute Gasteiger partial charge is 0.454 e. The Bertz CT molecular complexity index is 1010. The van der Waals surface area contributed by atoms with Crippen molar-refractivity contribution in [3.63, 3.8) is 0 Å². The van der Waals surface area contributed by atoms with Crippen LogP contribution < -0.4 is 5.32 Å². The molecule has 0 aliphatic heterocycles. The van der Waals surface area contributed by atoms with Gasteiger partial charge < -0.3 is 10.1 Å². The van der Waals surface area contributed by atoms with E-state index >= 15 is 0 Å². The number of nitrogens with zero attached hydrogens (tertiary/aromatic N) is 3. The van der Waals surface area contributed by atoms with Gasteiger partial charge in [-0.25, -0.2) is 14.3 Å². The molecule has 0 aliphatic rings. The lowest BCUT2D eigenvalue weighted by Crippen LogP contribution is -2.22. The highest BCUT2D eigenvalue weighted by Gasteiger charge is 2.21. The average molecular weight is 386 g/mol. The third-order valence-electron chi connectivity index (χ3n) is 3.79. The van der Waals surface area contributed by atoms with Crippen LogP contribution in [-0.2, 0) is 16.0 Å². The molecule has 3 heterocycles. The van der Waals surface area contributed by atoms with E-state index in [4.69, 9.17) is 4.74 Å². The summed E-state index contributed by atoms with van der Waals surface area (Å²) < 4.78 is 6.68. The first kappa shape index (κ1) is 18.7. The molecule has 3 aromatic rings. The quantitative estimate of drug-likeness (QED) is 0.491. The van der Waals surface area contributed by atoms with E-state index in [1.165, 1.54) is 22.8 Å². The number of rotatable bonds is 7. The summed E-state index contributed by atoms with van der Waals surface area (Å²) >= 11 is 1.33. The van der Waals surface area contributed by atoms with Crippen LogP contribution in [0.4, 0.5) is 0 Å². The number of carbonyl (C=O) groups excluding carboxylic acids is 3. The first-order valence-corrected chi connectivity index (χ1v) is 9.11. The maximum Gasteiger partial charge on any atom is 0.344 e. The van der Waals surface area contributed by atoms with Crippen molar-refractivity contribution < 1.29 is 19.1 Å². The summed E-state index contributed by atoms with van der Waals surface area (Å²) in [5.41, 5.74) is 1.14. The number of hydrogen-bond donors (Lipinski definition) is 1. The number of amides is 1. The molecule has 0 unspecified atom stereocenters. The van der Waals surface area contributed by atoms with Crippen molar-refractivity contribution in [3.8, 4) is 0 Å². The van der Waals surface area contributed by atoms with Crippen LogP contribution in [0.3, 0.4) is 0 Å². The van der Waals surface area contributed by atoms with Gasteiger partial charge in [0, 0.05) is 30.7 Å². The molecule has 0 fully saturated rings. The van der Waals surface area contributed by atoms with E-state index in [1.54, 1.807) is 31.5 Å². The van der Waals surface area contributed by atoms with Crippen molar-refractivity contribution in [3.05, 3.63) is 51.6 Å². The van der Waals surface area contributed by atoms with Crippen molar-refractivity contribution >= 4 is 34.6 Å². The lowest BCUT2D eigenvalue weighted by molar-refractivity contribution is -0.118. The van der Waals surface area contributed by atoms with Gasteiger partial charge >= 0.3 is 5.97 Å². The van der Waals surface area contributed by atoms with Gasteiger partial charge in [-0.2, -0.15) is 5.10 Å². The molecule has 3 rings (SSSR count). The summed E-state index contributed by atoms with van der Waals surface area (Å²) in [7, 11) is 0. The third-order valence-corrected chi connectivity index (χ3v) is 4.98. The number of fused-ring (bicyclic) bond motifs is 1. The number of thiophene rings is 1. The summed E-state index contributed by atoms with van der Waals surface area (Å²) in [5, 5.41) is 6.91. The molecule has 0 spiro atoms. The van der Waals surface area contributed by atoms with Gasteiger partial charge in [-0.05, 0) is 31.5 Å². The van der Waals surface area contributed by atoms with Gasteiger partial charge in [-0.1, -0.05) is 0 Å². The number of Topliss-reactive ketones (excluding diaryl/α,β-unsaturated/α-hetero) is 1. The summed E-state index contributed by atoms with van der Waals surface area (Å²) in [5.74, 6) is -0.995. The molecule has 3 aromatic heterocycles. The van der Waals surface area contributed by atoms with E-state index in [0.717, 1.165) is 4.88 Å². The summed E-state index contributed by atoms with van der Waals surface area (Å²) in [6.45, 7) is 3.31. The molecule has 9 heteroatoms. The highest BCUT2D eigenvalue weighted by Crippen LogP contribution is 2.18. The van der Waals surface area contributed by atoms with Crippen molar-refractivity contribution in [1.82, 2.24) is 19.9 Å². The minimum absolute atomic E-state index is 0.0905. The zero-order chi connectivity index (χ0) is 19.4. The first-order chi connectivity index (χ1) is 13.0. The molecule has 0 radical (unpaired) electrons. The molecule has 0 atom stereocenters. The van der Waals surface area contributed by atoms with Crippen LogP contribution >= 0.6 is 11.3 Å². The Hall–Kier alpha value is -3.07. The van der Waals surface area contributed by atoms with Crippen LogP contribution in [0, 0.1) is 6.92 Å². The summed E-state index contributed by atoms with van der Waals surface area (Å²) in [6, 6.07) is 5.24. The van der Waals surface area contributed by atoms with Gasteiger partial charge in [0.1, 0.15) is 5.56 Å². The second kappa shape index (κ2) is 8.09. The minimum Gasteiger partial charge on any atom is -0.454 e. The standard InChI is InChI=1S/C18H18N4O4S/c1-11-16(17-20-7-3-9-22(17)21-11)18(25)26-10-14(24)15-5-4-13(27-15)6-8-19-12(2)23/h3-5,7,9H,6,8,10H2,1-2H3,(H,19,23). The Balaban J connectivity index is 1.60. The molecular formula is C18H18N4O4S. The Morgan fingerprint density at radius 2 is 2.11 bits per heavy atom. The number of aromatic nitrogens is 3. The molecule has 8 nitrogen and oxygen atoms in total. The molecule has 140 valence electrons. The Morgan fingerprint density at radius 3 is 2.89 bits per heavy atom. The Morgan fingerprint density at radius 1 is 1.30 bits per heavy atom. The molecule has 27 heavy (non-hydrogen) atoms. The van der Waals surface area contributed by atoms with Gasteiger partial charge in [0.2, 0.25) is 11.7 Å². The molecular weight excluding hydrogens is 368 g/mol. The number of carbonyl (C=O) groups is 3. The van der Waals surface area contributed by atoms with Gasteiger partial charge in [0.25, 0.3) is 0 Å². The van der Waals surface area contributed by atoms with Crippen molar-refractivity contribution in [2.75, 3.05) is 13.2 Å². The SMILES string of the molecule is CC(=O)NCCc1ccc(C(=O)COC(=O)c2c(C)nn3cccnc23)s1. The predicted octanol–water partition coefficient (Wildman–Crippen LogP) is 1.82. The van der Waals surface area contributed by atoms with Gasteiger partial charge in [0.15, 0.2) is 12.3 Å². The predicted molar refractivity (Wildman–Crippen MR) is 99.0 cm³/mol. The van der Waals surface area contributed by atoms with E-state index in [9.17, 15) is 14.4 Å². The smallest absolute Gasteiger partial charge is 0.344 e. The summed E-state index contributed by atoms with van der Waals surface area (Å²) in [4.78, 5) is 41.2. The molecule has 0 aromatic carbocycles. The zero-order valence-electron chi connectivity index (χ0n) is 14.9. The number of ether oxygens (including phenoxy) is 1. The second-order valence-corrected chi connectivity index (χ2v) is 7.01. The molecule has 1 N–H and O–H groups in total. The van der Waals surface area contributed by atoms with Gasteiger partial charge in [-0.15, -0.1) is 11.3 Å². The lowest BCUT2D eigenvalue weighted by Gasteiger charge is -2.03. The van der Waals surface area contributed by atoms with Gasteiger partial charge in [0.05, 0.1) is 10.6 Å². The van der Waals surface area contributed by atoms with Gasteiger partial charge in [-0.3, -0.25) is 9.59 Å². The number of esters is 1. The third kappa shape index (κ3) is 4.37. The zero-order valence-corrected chi connectivity index (χ0v) is 15.7. The summed E-state index contributed by atoms with van der Waals surface area (Å²) in [6.07, 6.45) is 3.89. The highest BCUT2D eigenvalue weighted by atomic mass is 32.1. The van der Waals surface area contributed by atoms with E-state index in [-0.39, 0.29) is 23.9 Å². The molecule has 0 saturated carbocycles. The van der Waals surface area contributed by atoms with Crippen LogP contribution in [0.15, 0.2) is 30.6 Å². The normalized spacial score (nSPS) is 10.7. The van der Waals surface area contributed by atoms with Crippen LogP contribution in [0.25, 0.3) is 5.65 Å². The maximum absolute atomic E-state index is 12.4. The van der Waals surface area contributed by atoms with Crippen LogP contribution in [0.2, 0.25) is 0 Å². The molecule has 0 bridgehead atoms. The second-order valence-electron chi connectivity index (χ2n) is 5.85. The molecule has 0 aliphatic carbocycles. The van der Waals surface area contributed by atoms with E-state index in [0.29, 0.717) is 29.2 Å². The van der Waals surface area contributed by atoms with Crippen molar-refractivity contribution in [2.45, 2.75) is 20.3 Å². The number of hydrogen-bond acceptors (Lipinski definition) is 7. The highest BCUT2D eigenvalue weighted by molar-refractivity contribution is 7.14. The fourth-order valence-corrected chi connectivity index (χ4v) is 3.47. The number of aryl methyl sites for hydroxylation is 1. The average Bonchev–Trinajstić information content (AvgIpc) is 3.22. The monoisotopic (exact) mass is 386 g/mol. The topological polar surface area (TPSA) is 103 Å². The number of ketones is 1. The number of nitrogens with one attached hydrogen (secondary N) is 1. The molecule has 1 amide bonds. The van der Waals surface area contributed by atoms with E-state index in [2.05, 4.69) is 15.4 Å². The maximum atomic E-state index is 12.4.